The second-order valence-electron chi connectivity index (χ2n) is 3.69. The molecule has 0 atom stereocenters. The van der Waals surface area contributed by atoms with Crippen LogP contribution >= 0.6 is 0 Å². The Hall–Kier alpha value is -2.76. The van der Waals surface area contributed by atoms with Crippen molar-refractivity contribution >= 4 is 12.7 Å². The van der Waals surface area contributed by atoms with Gasteiger partial charge in [-0.15, -0.1) is 0 Å². The molecule has 4 N–H and O–H groups in total. The number of aromatic hydroxyl groups is 2. The minimum atomic E-state index is -0.573. The summed E-state index contributed by atoms with van der Waals surface area (Å²) >= 11 is 0. The highest BCUT2D eigenvalue weighted by atomic mass is 16.3. The summed E-state index contributed by atoms with van der Waals surface area (Å²) in [4.78, 5) is 27.8. The van der Waals surface area contributed by atoms with Gasteiger partial charge in [-0.05, 0) is 23.8 Å². The molecule has 1 aromatic carbocycles. The second-order valence-corrected chi connectivity index (χ2v) is 3.69. The van der Waals surface area contributed by atoms with Gasteiger partial charge < -0.3 is 20.2 Å². The standard InChI is InChI=1S/C12H10N2O4.C2H6/c1-6-13-11(17)8(12(18)14-6)4-7-2-3-9(15)10(16)5-7;1-2/h2-5,15-16H,1H2,(H,13,17)(H,14,18);1-2H3. The largest absolute Gasteiger partial charge is 0.504 e. The number of nitrogens with one attached hydrogen (secondary N) is 2. The number of benzene rings is 1. The number of H-pyrrole nitrogens is 2. The van der Waals surface area contributed by atoms with Gasteiger partial charge in [0.15, 0.2) is 11.5 Å². The number of aromatic amines is 2. The first kappa shape index (κ1) is 15.3. The maximum atomic E-state index is 11.6. The molecular weight excluding hydrogens is 260 g/mol. The minimum absolute atomic E-state index is 0.104. The molecule has 20 heavy (non-hydrogen) atoms. The van der Waals surface area contributed by atoms with E-state index < -0.39 is 11.1 Å². The van der Waals surface area contributed by atoms with Crippen molar-refractivity contribution in [1.29, 1.82) is 0 Å². The fraction of sp³-hybridized carbons (Fsp3) is 0.143. The van der Waals surface area contributed by atoms with Crippen molar-refractivity contribution in [2.75, 3.05) is 0 Å². The summed E-state index contributed by atoms with van der Waals surface area (Å²) in [6.07, 6.45) is 1.30. The summed E-state index contributed by atoms with van der Waals surface area (Å²) in [6.45, 7) is 7.42. The Morgan fingerprint density at radius 2 is 1.60 bits per heavy atom. The minimum Gasteiger partial charge on any atom is -0.504 e. The van der Waals surface area contributed by atoms with Gasteiger partial charge in [0.2, 0.25) is 0 Å². The third-order valence-corrected chi connectivity index (χ3v) is 2.33. The Balaban J connectivity index is 0.000000956. The summed E-state index contributed by atoms with van der Waals surface area (Å²) in [6, 6.07) is 3.97. The molecule has 2 aromatic rings. The van der Waals surface area contributed by atoms with E-state index in [0.29, 0.717) is 5.56 Å². The molecule has 0 saturated heterocycles. The van der Waals surface area contributed by atoms with Gasteiger partial charge in [0, 0.05) is 0 Å². The number of rotatable bonds is 1. The molecule has 6 heteroatoms. The number of phenolic OH excluding ortho intramolecular Hbond substituents is 2. The van der Waals surface area contributed by atoms with Crippen molar-refractivity contribution in [3.8, 4) is 11.5 Å². The average molecular weight is 276 g/mol. The molecule has 106 valence electrons. The van der Waals surface area contributed by atoms with Crippen LogP contribution in [0.5, 0.6) is 11.5 Å². The quantitative estimate of drug-likeness (QED) is 0.538. The van der Waals surface area contributed by atoms with Crippen LogP contribution in [0, 0.1) is 0 Å². The van der Waals surface area contributed by atoms with Gasteiger partial charge in [-0.3, -0.25) is 9.59 Å². The average Bonchev–Trinajstić information content (AvgIpc) is 2.40. The highest BCUT2D eigenvalue weighted by Crippen LogP contribution is 2.24. The van der Waals surface area contributed by atoms with Crippen LogP contribution in [-0.2, 0) is 0 Å². The fourth-order valence-corrected chi connectivity index (χ4v) is 1.47. The molecular formula is C14H16N2O4. The van der Waals surface area contributed by atoms with Crippen molar-refractivity contribution in [1.82, 2.24) is 9.97 Å². The van der Waals surface area contributed by atoms with Crippen LogP contribution in [0.4, 0.5) is 0 Å². The van der Waals surface area contributed by atoms with E-state index >= 15 is 0 Å². The zero-order valence-electron chi connectivity index (χ0n) is 11.2. The molecule has 0 amide bonds. The van der Waals surface area contributed by atoms with Crippen molar-refractivity contribution < 1.29 is 10.2 Å². The lowest BCUT2D eigenvalue weighted by Gasteiger charge is -1.98. The Bertz CT molecular complexity index is 781. The Morgan fingerprint density at radius 1 is 1.05 bits per heavy atom. The molecule has 6 nitrogen and oxygen atoms in total. The third kappa shape index (κ3) is 3.38. The van der Waals surface area contributed by atoms with Gasteiger partial charge in [-0.2, -0.15) is 0 Å². The van der Waals surface area contributed by atoms with E-state index in [1.807, 2.05) is 13.8 Å². The van der Waals surface area contributed by atoms with Gasteiger partial charge in [-0.1, -0.05) is 26.5 Å². The topological polar surface area (TPSA) is 106 Å². The molecule has 0 aliphatic carbocycles. The Labute approximate surface area is 114 Å². The van der Waals surface area contributed by atoms with Crippen molar-refractivity contribution in [2.45, 2.75) is 13.8 Å². The van der Waals surface area contributed by atoms with Crippen LogP contribution in [-0.4, -0.2) is 20.2 Å². The van der Waals surface area contributed by atoms with E-state index in [1.54, 1.807) is 0 Å². The Morgan fingerprint density at radius 3 is 2.10 bits per heavy atom. The summed E-state index contributed by atoms with van der Waals surface area (Å²) in [7, 11) is 0. The van der Waals surface area contributed by atoms with Gasteiger partial charge in [-0.25, -0.2) is 0 Å². The predicted octanol–water partition coefficient (Wildman–Crippen LogP) is -0.260. The first-order chi connectivity index (χ1) is 9.47. The number of phenols is 2. The van der Waals surface area contributed by atoms with E-state index in [0.717, 1.165) is 0 Å². The van der Waals surface area contributed by atoms with Crippen molar-refractivity contribution in [2.24, 2.45) is 0 Å². The van der Waals surface area contributed by atoms with Crippen molar-refractivity contribution in [3.05, 3.63) is 55.2 Å². The monoisotopic (exact) mass is 276 g/mol. The summed E-state index contributed by atoms with van der Waals surface area (Å²) in [5.41, 5.74) is -0.610. The maximum Gasteiger partial charge on any atom is 0.262 e. The van der Waals surface area contributed by atoms with E-state index in [-0.39, 0.29) is 22.2 Å². The molecule has 0 fully saturated rings. The molecule has 0 saturated carbocycles. The molecule has 0 radical (unpaired) electrons. The molecule has 0 spiro atoms. The number of hydrogen-bond donors (Lipinski definition) is 4. The fourth-order valence-electron chi connectivity index (χ4n) is 1.47. The summed E-state index contributed by atoms with van der Waals surface area (Å²) < 4.78 is 0. The van der Waals surface area contributed by atoms with Crippen LogP contribution in [0.15, 0.2) is 27.8 Å². The van der Waals surface area contributed by atoms with Crippen LogP contribution in [0.1, 0.15) is 19.4 Å². The normalized spacial score (nSPS) is 9.50. The zero-order chi connectivity index (χ0) is 15.3. The van der Waals surface area contributed by atoms with E-state index in [4.69, 9.17) is 5.11 Å². The van der Waals surface area contributed by atoms with Gasteiger partial charge in [0.05, 0.1) is 0 Å². The lowest BCUT2D eigenvalue weighted by atomic mass is 10.2. The van der Waals surface area contributed by atoms with Crippen LogP contribution in [0.2, 0.25) is 0 Å². The zero-order valence-corrected chi connectivity index (χ0v) is 11.2. The lowest BCUT2D eigenvalue weighted by Crippen LogP contribution is -2.47. The number of hydrogen-bond acceptors (Lipinski definition) is 4. The van der Waals surface area contributed by atoms with Crippen LogP contribution < -0.4 is 21.8 Å². The van der Waals surface area contributed by atoms with Crippen LogP contribution in [0.3, 0.4) is 0 Å². The Kier molecular flexibility index (Phi) is 4.91. The smallest absolute Gasteiger partial charge is 0.262 e. The second kappa shape index (κ2) is 6.42. The first-order valence-electron chi connectivity index (χ1n) is 6.02. The molecule has 1 aromatic heterocycles. The highest BCUT2D eigenvalue weighted by molar-refractivity contribution is 5.54. The van der Waals surface area contributed by atoms with E-state index in [1.165, 1.54) is 24.3 Å². The molecule has 0 bridgehead atoms. The van der Waals surface area contributed by atoms with Crippen molar-refractivity contribution in [3.63, 3.8) is 0 Å². The van der Waals surface area contributed by atoms with Gasteiger partial charge in [0.1, 0.15) is 10.7 Å². The van der Waals surface area contributed by atoms with E-state index in [2.05, 4.69) is 16.5 Å². The number of aromatic nitrogens is 2. The summed E-state index contributed by atoms with van der Waals surface area (Å²) in [5, 5.41) is 18.4. The van der Waals surface area contributed by atoms with E-state index in [9.17, 15) is 14.7 Å². The first-order valence-corrected chi connectivity index (χ1v) is 6.02. The lowest BCUT2D eigenvalue weighted by molar-refractivity contribution is 0.403. The predicted molar refractivity (Wildman–Crippen MR) is 77.1 cm³/mol. The molecule has 0 aliphatic heterocycles. The van der Waals surface area contributed by atoms with Crippen LogP contribution in [0.25, 0.3) is 12.7 Å². The highest BCUT2D eigenvalue weighted by Gasteiger charge is 2.00. The SMILES string of the molecule is C=c1[nH]c(=O)c(=Cc2ccc(O)c(O)c2)c(=O)[nH]1.CC. The van der Waals surface area contributed by atoms with Gasteiger partial charge >= 0.3 is 0 Å². The summed E-state index contributed by atoms with van der Waals surface area (Å²) in [5.74, 6) is -0.603. The molecule has 1 heterocycles. The molecule has 2 rings (SSSR count). The third-order valence-electron chi connectivity index (χ3n) is 2.33. The molecule has 0 aliphatic rings. The van der Waals surface area contributed by atoms with Gasteiger partial charge in [0.25, 0.3) is 11.1 Å². The maximum absolute atomic E-state index is 11.6. The molecule has 0 unspecified atom stereocenters.